The fourth-order valence-corrected chi connectivity index (χ4v) is 4.23. The summed E-state index contributed by atoms with van der Waals surface area (Å²) < 4.78 is 5.36. The number of furan rings is 1. The first kappa shape index (κ1) is 14.9. The summed E-state index contributed by atoms with van der Waals surface area (Å²) in [6.07, 6.45) is 7.41. The summed E-state index contributed by atoms with van der Waals surface area (Å²) in [6.45, 7) is 5.42. The second-order valence-corrected chi connectivity index (χ2v) is 6.88. The lowest BCUT2D eigenvalue weighted by Crippen LogP contribution is -2.52. The molecule has 0 radical (unpaired) electrons. The maximum atomic E-state index is 9.78. The van der Waals surface area contributed by atoms with Crippen LogP contribution in [0.25, 0.3) is 0 Å². The largest absolute Gasteiger partial charge is 0.468 e. The van der Waals surface area contributed by atoms with Crippen molar-refractivity contribution >= 4 is 11.8 Å². The monoisotopic (exact) mass is 283 g/mol. The van der Waals surface area contributed by atoms with Crippen molar-refractivity contribution in [2.45, 2.75) is 61.6 Å². The molecule has 1 aliphatic carbocycles. The van der Waals surface area contributed by atoms with Gasteiger partial charge in [-0.3, -0.25) is 0 Å². The molecule has 3 nitrogen and oxygen atoms in total. The molecular formula is C15H25NO2S. The first-order valence-corrected chi connectivity index (χ1v) is 8.14. The van der Waals surface area contributed by atoms with Crippen molar-refractivity contribution in [2.75, 3.05) is 13.2 Å². The van der Waals surface area contributed by atoms with E-state index in [0.717, 1.165) is 31.6 Å². The van der Waals surface area contributed by atoms with Gasteiger partial charge >= 0.3 is 0 Å². The minimum atomic E-state index is -0.0659. The van der Waals surface area contributed by atoms with Gasteiger partial charge in [-0.2, -0.15) is 0 Å². The molecule has 1 heterocycles. The molecule has 2 N–H and O–H groups in total. The molecular weight excluding hydrogens is 258 g/mol. The van der Waals surface area contributed by atoms with E-state index in [2.05, 4.69) is 18.3 Å². The van der Waals surface area contributed by atoms with Gasteiger partial charge in [-0.15, -0.1) is 11.8 Å². The van der Waals surface area contributed by atoms with Crippen LogP contribution in [0.1, 0.15) is 44.8 Å². The Hall–Kier alpha value is -0.450. The van der Waals surface area contributed by atoms with Crippen LogP contribution in [0, 0.1) is 6.92 Å². The molecule has 1 saturated carbocycles. The second kappa shape index (κ2) is 6.82. The van der Waals surface area contributed by atoms with Gasteiger partial charge in [0.1, 0.15) is 5.76 Å². The van der Waals surface area contributed by atoms with E-state index in [-0.39, 0.29) is 12.1 Å². The summed E-state index contributed by atoms with van der Waals surface area (Å²) in [7, 11) is 0. The topological polar surface area (TPSA) is 45.4 Å². The van der Waals surface area contributed by atoms with Crippen LogP contribution in [0.2, 0.25) is 0 Å². The summed E-state index contributed by atoms with van der Waals surface area (Å²) in [5, 5.41) is 13.9. The van der Waals surface area contributed by atoms with Crippen molar-refractivity contribution in [1.29, 1.82) is 0 Å². The number of hydrogen-bond acceptors (Lipinski definition) is 4. The zero-order valence-corrected chi connectivity index (χ0v) is 12.8. The zero-order valence-electron chi connectivity index (χ0n) is 11.9. The molecule has 1 aliphatic rings. The highest BCUT2D eigenvalue weighted by atomic mass is 32.2. The van der Waals surface area contributed by atoms with Crippen molar-refractivity contribution in [2.24, 2.45) is 0 Å². The Kier molecular flexibility index (Phi) is 5.37. The van der Waals surface area contributed by atoms with E-state index in [1.54, 1.807) is 6.26 Å². The van der Waals surface area contributed by atoms with Crippen LogP contribution in [-0.2, 0) is 0 Å². The van der Waals surface area contributed by atoms with Gasteiger partial charge in [0, 0.05) is 15.7 Å². The molecule has 1 fully saturated rings. The number of aliphatic hydroxyl groups excluding tert-OH is 1. The molecule has 1 aromatic rings. The smallest absolute Gasteiger partial charge is 0.114 e. The van der Waals surface area contributed by atoms with Gasteiger partial charge in [-0.05, 0) is 45.2 Å². The molecule has 0 spiro atoms. The third-order valence-corrected chi connectivity index (χ3v) is 5.37. The standard InChI is InChI=1S/C15H25NO2S/c1-3-8-16-15(11-17)7-4-5-13(10-15)19-14-6-9-18-12(14)2/h6,9,13,16-17H,3-5,7-8,10-11H2,1-2H3. The molecule has 0 saturated heterocycles. The maximum absolute atomic E-state index is 9.78. The average Bonchev–Trinajstić information content (AvgIpc) is 2.82. The fourth-order valence-electron chi connectivity index (χ4n) is 2.83. The maximum Gasteiger partial charge on any atom is 0.114 e. The van der Waals surface area contributed by atoms with Crippen LogP contribution in [-0.4, -0.2) is 29.0 Å². The molecule has 2 atom stereocenters. The number of nitrogens with one attached hydrogen (secondary N) is 1. The Balaban J connectivity index is 1.97. The van der Waals surface area contributed by atoms with E-state index in [1.165, 1.54) is 17.7 Å². The zero-order chi connectivity index (χ0) is 13.7. The Morgan fingerprint density at radius 3 is 3.05 bits per heavy atom. The highest BCUT2D eigenvalue weighted by molar-refractivity contribution is 8.00. The summed E-state index contributed by atoms with van der Waals surface area (Å²) in [4.78, 5) is 1.24. The highest BCUT2D eigenvalue weighted by Crippen LogP contribution is 2.39. The SMILES string of the molecule is CCCNC1(CO)CCCC(Sc2ccoc2C)C1. The van der Waals surface area contributed by atoms with Crippen molar-refractivity contribution < 1.29 is 9.52 Å². The minimum absolute atomic E-state index is 0.0659. The quantitative estimate of drug-likeness (QED) is 0.840. The first-order valence-electron chi connectivity index (χ1n) is 7.26. The van der Waals surface area contributed by atoms with Crippen molar-refractivity contribution in [3.05, 3.63) is 18.1 Å². The molecule has 0 aliphatic heterocycles. The number of rotatable bonds is 6. The molecule has 108 valence electrons. The molecule has 19 heavy (non-hydrogen) atoms. The average molecular weight is 283 g/mol. The van der Waals surface area contributed by atoms with Crippen LogP contribution in [0.5, 0.6) is 0 Å². The van der Waals surface area contributed by atoms with Crippen LogP contribution < -0.4 is 5.32 Å². The van der Waals surface area contributed by atoms with E-state index in [9.17, 15) is 5.11 Å². The van der Waals surface area contributed by atoms with Crippen molar-refractivity contribution in [3.8, 4) is 0 Å². The third-order valence-electron chi connectivity index (χ3n) is 3.96. The van der Waals surface area contributed by atoms with Crippen LogP contribution in [0.15, 0.2) is 21.6 Å². The summed E-state index contributed by atoms with van der Waals surface area (Å²) in [6, 6.07) is 2.05. The number of thioether (sulfide) groups is 1. The molecule has 2 rings (SSSR count). The number of aliphatic hydroxyl groups is 1. The van der Waals surface area contributed by atoms with Gasteiger partial charge in [-0.1, -0.05) is 13.3 Å². The first-order chi connectivity index (χ1) is 9.19. The fraction of sp³-hybridized carbons (Fsp3) is 0.733. The summed E-state index contributed by atoms with van der Waals surface area (Å²) in [5.74, 6) is 1.01. The molecule has 0 bridgehead atoms. The van der Waals surface area contributed by atoms with Crippen molar-refractivity contribution in [1.82, 2.24) is 5.32 Å². The van der Waals surface area contributed by atoms with E-state index >= 15 is 0 Å². The van der Waals surface area contributed by atoms with Crippen LogP contribution in [0.4, 0.5) is 0 Å². The minimum Gasteiger partial charge on any atom is -0.468 e. The van der Waals surface area contributed by atoms with Gasteiger partial charge in [0.25, 0.3) is 0 Å². The summed E-state index contributed by atoms with van der Waals surface area (Å²) in [5.41, 5.74) is -0.0659. The number of aryl methyl sites for hydroxylation is 1. The normalized spacial score (nSPS) is 27.6. The number of hydrogen-bond donors (Lipinski definition) is 2. The van der Waals surface area contributed by atoms with Gasteiger partial charge in [0.15, 0.2) is 0 Å². The van der Waals surface area contributed by atoms with E-state index in [1.807, 2.05) is 18.7 Å². The highest BCUT2D eigenvalue weighted by Gasteiger charge is 2.35. The van der Waals surface area contributed by atoms with Gasteiger partial charge in [-0.25, -0.2) is 0 Å². The van der Waals surface area contributed by atoms with Crippen LogP contribution in [0.3, 0.4) is 0 Å². The van der Waals surface area contributed by atoms with E-state index in [4.69, 9.17) is 4.42 Å². The predicted octanol–water partition coefficient (Wildman–Crippen LogP) is 3.35. The molecule has 2 unspecified atom stereocenters. The van der Waals surface area contributed by atoms with Gasteiger partial charge < -0.3 is 14.8 Å². The van der Waals surface area contributed by atoms with Gasteiger partial charge in [0.05, 0.1) is 12.9 Å². The van der Waals surface area contributed by atoms with Crippen LogP contribution >= 0.6 is 11.8 Å². The summed E-state index contributed by atoms with van der Waals surface area (Å²) >= 11 is 1.90. The van der Waals surface area contributed by atoms with E-state index in [0.29, 0.717) is 5.25 Å². The Morgan fingerprint density at radius 2 is 2.42 bits per heavy atom. The predicted molar refractivity (Wildman–Crippen MR) is 79.7 cm³/mol. The van der Waals surface area contributed by atoms with Crippen molar-refractivity contribution in [3.63, 3.8) is 0 Å². The molecule has 0 amide bonds. The lowest BCUT2D eigenvalue weighted by Gasteiger charge is -2.40. The third kappa shape index (κ3) is 3.77. The Labute approximate surface area is 120 Å². The lowest BCUT2D eigenvalue weighted by atomic mass is 9.82. The molecule has 0 aromatic carbocycles. The van der Waals surface area contributed by atoms with Gasteiger partial charge in [0.2, 0.25) is 0 Å². The Bertz CT molecular complexity index is 393. The Morgan fingerprint density at radius 1 is 1.58 bits per heavy atom. The second-order valence-electron chi connectivity index (χ2n) is 5.54. The molecule has 4 heteroatoms. The van der Waals surface area contributed by atoms with E-state index < -0.39 is 0 Å². The molecule has 1 aromatic heterocycles. The lowest BCUT2D eigenvalue weighted by molar-refractivity contribution is 0.124.